The molecule has 3 aliphatic rings. The first-order valence-electron chi connectivity index (χ1n) is 11.6. The summed E-state index contributed by atoms with van der Waals surface area (Å²) in [5, 5.41) is 14.6. The second kappa shape index (κ2) is 7.75. The number of halogens is 1. The zero-order valence-electron chi connectivity index (χ0n) is 18.0. The molecule has 31 heavy (non-hydrogen) atoms. The lowest BCUT2D eigenvalue weighted by Gasteiger charge is -2.28. The predicted molar refractivity (Wildman–Crippen MR) is 119 cm³/mol. The molecule has 1 aliphatic heterocycles. The minimum atomic E-state index is 0.423. The van der Waals surface area contributed by atoms with Gasteiger partial charge in [-0.25, -0.2) is 0 Å². The summed E-state index contributed by atoms with van der Waals surface area (Å²) in [6, 6.07) is 6.18. The van der Waals surface area contributed by atoms with Crippen LogP contribution in [0, 0.1) is 0 Å². The number of rotatable bonds is 2. The molecule has 7 heteroatoms. The van der Waals surface area contributed by atoms with E-state index in [-0.39, 0.29) is 0 Å². The van der Waals surface area contributed by atoms with Crippen LogP contribution < -0.4 is 0 Å². The monoisotopic (exact) mass is 437 g/mol. The Hall–Kier alpha value is -2.18. The fourth-order valence-corrected chi connectivity index (χ4v) is 6.00. The maximum atomic E-state index is 6.31. The van der Waals surface area contributed by atoms with Crippen LogP contribution in [0.25, 0.3) is 5.69 Å². The van der Waals surface area contributed by atoms with Crippen LogP contribution in [0.5, 0.6) is 0 Å². The SMILES string of the molecule is CN1Cc2cc(Cl)ccc2-n2c(nnc2C2CCC(c3noc4c3CCCC4)CC2)C1. The molecule has 3 heterocycles. The highest BCUT2D eigenvalue weighted by molar-refractivity contribution is 6.30. The Labute approximate surface area is 187 Å². The fraction of sp³-hybridized carbons (Fsp3) is 0.542. The molecule has 162 valence electrons. The van der Waals surface area contributed by atoms with Crippen molar-refractivity contribution in [2.24, 2.45) is 0 Å². The zero-order valence-corrected chi connectivity index (χ0v) is 18.7. The van der Waals surface area contributed by atoms with E-state index in [0.29, 0.717) is 11.8 Å². The Balaban J connectivity index is 1.28. The van der Waals surface area contributed by atoms with E-state index in [9.17, 15) is 0 Å². The van der Waals surface area contributed by atoms with Crippen molar-refractivity contribution in [3.05, 3.63) is 57.5 Å². The molecular formula is C24H28ClN5O. The van der Waals surface area contributed by atoms with Crippen molar-refractivity contribution in [2.75, 3.05) is 7.05 Å². The largest absolute Gasteiger partial charge is 0.361 e. The summed E-state index contributed by atoms with van der Waals surface area (Å²) in [5.74, 6) is 4.21. The van der Waals surface area contributed by atoms with Gasteiger partial charge < -0.3 is 4.52 Å². The van der Waals surface area contributed by atoms with E-state index >= 15 is 0 Å². The summed E-state index contributed by atoms with van der Waals surface area (Å²) >= 11 is 6.31. The second-order valence-corrected chi connectivity index (χ2v) is 9.92. The summed E-state index contributed by atoms with van der Waals surface area (Å²) in [6.45, 7) is 1.66. The first kappa shape index (κ1) is 19.5. The van der Waals surface area contributed by atoms with Gasteiger partial charge in [-0.2, -0.15) is 0 Å². The Bertz CT molecular complexity index is 1110. The summed E-state index contributed by atoms with van der Waals surface area (Å²) in [6.07, 6.45) is 9.19. The third kappa shape index (κ3) is 3.40. The highest BCUT2D eigenvalue weighted by Crippen LogP contribution is 2.43. The highest BCUT2D eigenvalue weighted by atomic mass is 35.5. The first-order chi connectivity index (χ1) is 15.2. The van der Waals surface area contributed by atoms with Crippen LogP contribution in [-0.4, -0.2) is 31.9 Å². The molecule has 1 saturated carbocycles. The van der Waals surface area contributed by atoms with Crippen LogP contribution in [0.1, 0.15) is 84.6 Å². The lowest BCUT2D eigenvalue weighted by molar-refractivity contribution is 0.315. The molecule has 6 rings (SSSR count). The van der Waals surface area contributed by atoms with E-state index < -0.39 is 0 Å². The van der Waals surface area contributed by atoms with Crippen molar-refractivity contribution >= 4 is 11.6 Å². The van der Waals surface area contributed by atoms with E-state index in [1.54, 1.807) is 0 Å². The van der Waals surface area contributed by atoms with E-state index in [4.69, 9.17) is 21.2 Å². The van der Waals surface area contributed by atoms with Gasteiger partial charge in [-0.1, -0.05) is 16.8 Å². The predicted octanol–water partition coefficient (Wildman–Crippen LogP) is 5.17. The van der Waals surface area contributed by atoms with Gasteiger partial charge in [0.1, 0.15) is 11.6 Å². The van der Waals surface area contributed by atoms with E-state index in [0.717, 1.165) is 74.0 Å². The summed E-state index contributed by atoms with van der Waals surface area (Å²) in [4.78, 5) is 2.27. The van der Waals surface area contributed by atoms with Gasteiger partial charge in [-0.15, -0.1) is 10.2 Å². The Morgan fingerprint density at radius 3 is 2.68 bits per heavy atom. The molecular weight excluding hydrogens is 410 g/mol. The van der Waals surface area contributed by atoms with Crippen molar-refractivity contribution in [2.45, 2.75) is 76.3 Å². The van der Waals surface area contributed by atoms with E-state index in [2.05, 4.69) is 38.9 Å². The third-order valence-corrected chi connectivity index (χ3v) is 7.58. The average Bonchev–Trinajstić information content (AvgIpc) is 3.35. The first-order valence-corrected chi connectivity index (χ1v) is 11.9. The normalized spacial score (nSPS) is 23.7. The molecule has 0 bridgehead atoms. The molecule has 0 saturated heterocycles. The van der Waals surface area contributed by atoms with Crippen LogP contribution in [0.2, 0.25) is 5.02 Å². The Morgan fingerprint density at radius 2 is 1.81 bits per heavy atom. The summed E-state index contributed by atoms with van der Waals surface area (Å²) in [7, 11) is 2.12. The summed E-state index contributed by atoms with van der Waals surface area (Å²) < 4.78 is 8.00. The smallest absolute Gasteiger partial charge is 0.151 e. The van der Waals surface area contributed by atoms with Gasteiger partial charge >= 0.3 is 0 Å². The number of benzene rings is 1. The maximum absolute atomic E-state index is 6.31. The average molecular weight is 438 g/mol. The van der Waals surface area contributed by atoms with Gasteiger partial charge in [-0.3, -0.25) is 9.47 Å². The minimum absolute atomic E-state index is 0.423. The van der Waals surface area contributed by atoms with Crippen LogP contribution in [0.4, 0.5) is 0 Å². The topological polar surface area (TPSA) is 60.0 Å². The molecule has 6 nitrogen and oxygen atoms in total. The second-order valence-electron chi connectivity index (χ2n) is 9.48. The molecule has 0 radical (unpaired) electrons. The van der Waals surface area contributed by atoms with Crippen LogP contribution in [0.15, 0.2) is 22.7 Å². The molecule has 0 amide bonds. The van der Waals surface area contributed by atoms with Gasteiger partial charge in [0.15, 0.2) is 5.82 Å². The molecule has 0 atom stereocenters. The fourth-order valence-electron chi connectivity index (χ4n) is 5.80. The van der Waals surface area contributed by atoms with Crippen molar-refractivity contribution in [1.82, 2.24) is 24.8 Å². The standard InChI is InChI=1S/C24H28ClN5O/c1-29-13-17-12-18(25)10-11-20(17)30-22(14-29)26-27-24(30)16-8-6-15(7-9-16)23-19-4-2-3-5-21(19)31-28-23/h10-12,15-16H,2-9,13-14H2,1H3. The van der Waals surface area contributed by atoms with Crippen molar-refractivity contribution in [3.8, 4) is 5.69 Å². The van der Waals surface area contributed by atoms with Crippen LogP contribution in [0.3, 0.4) is 0 Å². The highest BCUT2D eigenvalue weighted by Gasteiger charge is 2.33. The molecule has 3 aromatic rings. The molecule has 1 aromatic carbocycles. The summed E-state index contributed by atoms with van der Waals surface area (Å²) in [5.41, 5.74) is 5.07. The number of fused-ring (bicyclic) bond motifs is 4. The van der Waals surface area contributed by atoms with Gasteiger partial charge in [0.2, 0.25) is 0 Å². The van der Waals surface area contributed by atoms with E-state index in [1.807, 2.05) is 6.07 Å². The molecule has 1 fully saturated rings. The molecule has 0 unspecified atom stereocenters. The number of hydrogen-bond donors (Lipinski definition) is 0. The van der Waals surface area contributed by atoms with Crippen molar-refractivity contribution in [3.63, 3.8) is 0 Å². The number of nitrogens with zero attached hydrogens (tertiary/aromatic N) is 5. The number of hydrogen-bond acceptors (Lipinski definition) is 5. The van der Waals surface area contributed by atoms with Gasteiger partial charge in [0.25, 0.3) is 0 Å². The quantitative estimate of drug-likeness (QED) is 0.553. The van der Waals surface area contributed by atoms with Crippen LogP contribution in [-0.2, 0) is 25.9 Å². The lowest BCUT2D eigenvalue weighted by Crippen LogP contribution is -2.18. The Kier molecular flexibility index (Phi) is 4.87. The van der Waals surface area contributed by atoms with Gasteiger partial charge in [0.05, 0.1) is 17.9 Å². The van der Waals surface area contributed by atoms with Crippen molar-refractivity contribution < 1.29 is 4.52 Å². The maximum Gasteiger partial charge on any atom is 0.151 e. The zero-order chi connectivity index (χ0) is 20.9. The molecule has 0 N–H and O–H groups in total. The molecule has 0 spiro atoms. The third-order valence-electron chi connectivity index (χ3n) is 7.35. The van der Waals surface area contributed by atoms with Crippen LogP contribution >= 0.6 is 11.6 Å². The minimum Gasteiger partial charge on any atom is -0.361 e. The number of aromatic nitrogens is 4. The lowest BCUT2D eigenvalue weighted by atomic mass is 9.78. The van der Waals surface area contributed by atoms with Gasteiger partial charge in [-0.05, 0) is 75.8 Å². The van der Waals surface area contributed by atoms with Crippen molar-refractivity contribution in [1.29, 1.82) is 0 Å². The van der Waals surface area contributed by atoms with Gasteiger partial charge in [0, 0.05) is 35.4 Å². The Morgan fingerprint density at radius 1 is 1.00 bits per heavy atom. The number of aryl methyl sites for hydroxylation is 1. The molecule has 2 aliphatic carbocycles. The van der Waals surface area contributed by atoms with E-state index in [1.165, 1.54) is 35.3 Å². The molecule has 2 aromatic heterocycles.